The Morgan fingerprint density at radius 3 is 2.21 bits per heavy atom. The number of hydrogen-bond donors (Lipinski definition) is 0. The molecule has 0 aromatic heterocycles. The van der Waals surface area contributed by atoms with E-state index in [0.29, 0.717) is 0 Å². The summed E-state index contributed by atoms with van der Waals surface area (Å²) >= 11 is 3.53. The van der Waals surface area contributed by atoms with Gasteiger partial charge in [-0.25, -0.2) is 0 Å². The summed E-state index contributed by atoms with van der Waals surface area (Å²) in [5.41, 5.74) is 2.39. The number of hydrogen-bond acceptors (Lipinski definition) is 1. The highest BCUT2D eigenvalue weighted by atomic mass is 79.9. The van der Waals surface area contributed by atoms with Crippen LogP contribution in [-0.2, 0) is 0 Å². The fraction of sp³-hybridized carbons (Fsp3) is 0.0588. The molecule has 0 radical (unpaired) electrons. The minimum absolute atomic E-state index is 0.851. The van der Waals surface area contributed by atoms with Gasteiger partial charge in [0.15, 0.2) is 0 Å². The van der Waals surface area contributed by atoms with Gasteiger partial charge in [0, 0.05) is 0 Å². The third-order valence-electron chi connectivity index (χ3n) is 3.23. The monoisotopic (exact) mass is 312 g/mol. The molecule has 0 unspecified atom stereocenters. The van der Waals surface area contributed by atoms with E-state index < -0.39 is 0 Å². The van der Waals surface area contributed by atoms with E-state index >= 15 is 0 Å². The van der Waals surface area contributed by atoms with Gasteiger partial charge in [0.2, 0.25) is 0 Å². The second kappa shape index (κ2) is 5.06. The number of fused-ring (bicyclic) bond motifs is 1. The van der Waals surface area contributed by atoms with Crippen LogP contribution in [-0.4, -0.2) is 7.11 Å². The smallest absolute Gasteiger partial charge is 0.133 e. The summed E-state index contributed by atoms with van der Waals surface area (Å²) in [6, 6.07) is 21.1. The number of methoxy groups -OCH3 is 1. The van der Waals surface area contributed by atoms with Crippen molar-refractivity contribution >= 4 is 26.7 Å². The summed E-state index contributed by atoms with van der Waals surface area (Å²) in [6.45, 7) is 0. The van der Waals surface area contributed by atoms with Crippen LogP contribution in [0.1, 0.15) is 0 Å². The van der Waals surface area contributed by atoms with Crippen molar-refractivity contribution in [2.45, 2.75) is 0 Å². The Labute approximate surface area is 121 Å². The van der Waals surface area contributed by atoms with Crippen LogP contribution in [0.4, 0.5) is 0 Å². The minimum Gasteiger partial charge on any atom is -0.496 e. The van der Waals surface area contributed by atoms with Crippen molar-refractivity contribution in [2.75, 3.05) is 7.11 Å². The van der Waals surface area contributed by atoms with Crippen molar-refractivity contribution in [1.82, 2.24) is 0 Å². The molecular formula is C17H13BrO. The maximum Gasteiger partial charge on any atom is 0.133 e. The second-order valence-corrected chi connectivity index (χ2v) is 5.27. The molecule has 0 amide bonds. The molecule has 94 valence electrons. The normalized spacial score (nSPS) is 10.6. The molecule has 0 aliphatic heterocycles. The maximum atomic E-state index is 5.26. The lowest BCUT2D eigenvalue weighted by atomic mass is 10.0. The third-order valence-corrected chi connectivity index (χ3v) is 3.85. The Morgan fingerprint density at radius 2 is 1.47 bits per heavy atom. The van der Waals surface area contributed by atoms with Gasteiger partial charge in [-0.05, 0) is 56.0 Å². The first-order valence-corrected chi connectivity index (χ1v) is 6.90. The van der Waals surface area contributed by atoms with Gasteiger partial charge < -0.3 is 4.74 Å². The van der Waals surface area contributed by atoms with E-state index in [2.05, 4.69) is 70.5 Å². The van der Waals surface area contributed by atoms with E-state index in [9.17, 15) is 0 Å². The molecule has 19 heavy (non-hydrogen) atoms. The summed E-state index contributed by atoms with van der Waals surface area (Å²) in [7, 11) is 1.68. The quantitative estimate of drug-likeness (QED) is 0.625. The largest absolute Gasteiger partial charge is 0.496 e. The molecule has 0 saturated heterocycles. The van der Waals surface area contributed by atoms with E-state index in [0.717, 1.165) is 10.2 Å². The highest BCUT2D eigenvalue weighted by molar-refractivity contribution is 9.10. The first kappa shape index (κ1) is 12.2. The Kier molecular flexibility index (Phi) is 3.26. The Bertz CT molecular complexity index is 734. The number of benzene rings is 3. The Balaban J connectivity index is 2.11. The van der Waals surface area contributed by atoms with Gasteiger partial charge in [0.25, 0.3) is 0 Å². The lowest BCUT2D eigenvalue weighted by molar-refractivity contribution is 0.412. The van der Waals surface area contributed by atoms with Crippen LogP contribution in [0.2, 0.25) is 0 Å². The maximum absolute atomic E-state index is 5.26. The lowest BCUT2D eigenvalue weighted by Crippen LogP contribution is -1.85. The molecule has 0 fully saturated rings. The molecule has 1 nitrogen and oxygen atoms in total. The summed E-state index contributed by atoms with van der Waals surface area (Å²) in [5, 5.41) is 2.52. The molecule has 0 atom stereocenters. The molecule has 0 aliphatic carbocycles. The third kappa shape index (κ3) is 2.36. The number of halogens is 1. The molecule has 0 bridgehead atoms. The van der Waals surface area contributed by atoms with Crippen molar-refractivity contribution in [1.29, 1.82) is 0 Å². The highest BCUT2D eigenvalue weighted by Gasteiger charge is 2.04. The fourth-order valence-electron chi connectivity index (χ4n) is 2.21. The summed E-state index contributed by atoms with van der Waals surface area (Å²) in [6.07, 6.45) is 0. The van der Waals surface area contributed by atoms with Crippen LogP contribution in [0.15, 0.2) is 65.1 Å². The number of ether oxygens (including phenoxy) is 1. The topological polar surface area (TPSA) is 9.23 Å². The minimum atomic E-state index is 0.851. The Hall–Kier alpha value is -1.80. The van der Waals surface area contributed by atoms with Crippen LogP contribution in [0.3, 0.4) is 0 Å². The molecule has 0 heterocycles. The molecule has 0 spiro atoms. The summed E-state index contributed by atoms with van der Waals surface area (Å²) in [4.78, 5) is 0. The molecule has 3 aromatic rings. The van der Waals surface area contributed by atoms with Crippen molar-refractivity contribution in [2.24, 2.45) is 0 Å². The molecule has 0 saturated carbocycles. The zero-order valence-electron chi connectivity index (χ0n) is 10.6. The highest BCUT2D eigenvalue weighted by Crippen LogP contribution is 2.31. The predicted octanol–water partition coefficient (Wildman–Crippen LogP) is 5.28. The summed E-state index contributed by atoms with van der Waals surface area (Å²) in [5.74, 6) is 0.851. The first-order valence-electron chi connectivity index (χ1n) is 6.10. The fourth-order valence-corrected chi connectivity index (χ4v) is 2.76. The van der Waals surface area contributed by atoms with Gasteiger partial charge >= 0.3 is 0 Å². The van der Waals surface area contributed by atoms with Crippen LogP contribution in [0.25, 0.3) is 21.9 Å². The summed E-state index contributed by atoms with van der Waals surface area (Å²) < 4.78 is 6.23. The van der Waals surface area contributed by atoms with E-state index in [4.69, 9.17) is 4.74 Å². The van der Waals surface area contributed by atoms with Gasteiger partial charge in [-0.2, -0.15) is 0 Å². The average molecular weight is 313 g/mol. The molecular weight excluding hydrogens is 300 g/mol. The van der Waals surface area contributed by atoms with E-state index in [1.54, 1.807) is 7.11 Å². The van der Waals surface area contributed by atoms with Crippen LogP contribution in [0, 0.1) is 0 Å². The molecule has 3 aromatic carbocycles. The Morgan fingerprint density at radius 1 is 0.789 bits per heavy atom. The first-order chi connectivity index (χ1) is 9.28. The molecule has 2 heteroatoms. The van der Waals surface area contributed by atoms with Crippen LogP contribution < -0.4 is 4.74 Å². The van der Waals surface area contributed by atoms with E-state index in [-0.39, 0.29) is 0 Å². The van der Waals surface area contributed by atoms with Crippen LogP contribution in [0.5, 0.6) is 5.75 Å². The average Bonchev–Trinajstić information content (AvgIpc) is 2.46. The molecule has 0 N–H and O–H groups in total. The molecule has 0 aliphatic rings. The van der Waals surface area contributed by atoms with E-state index in [1.165, 1.54) is 21.9 Å². The zero-order valence-corrected chi connectivity index (χ0v) is 12.1. The van der Waals surface area contributed by atoms with Crippen molar-refractivity contribution < 1.29 is 4.74 Å². The standard InChI is InChI=1S/C17H13BrO/c1-19-17-9-8-15(11-16(17)18)14-7-6-12-4-2-3-5-13(12)10-14/h2-11H,1H3. The lowest BCUT2D eigenvalue weighted by Gasteiger charge is -2.07. The molecule has 3 rings (SSSR count). The van der Waals surface area contributed by atoms with E-state index in [1.807, 2.05) is 6.07 Å². The van der Waals surface area contributed by atoms with Crippen molar-refractivity contribution in [3.05, 3.63) is 65.1 Å². The van der Waals surface area contributed by atoms with Gasteiger partial charge in [-0.1, -0.05) is 42.5 Å². The predicted molar refractivity (Wildman–Crippen MR) is 83.6 cm³/mol. The van der Waals surface area contributed by atoms with Gasteiger partial charge in [0.1, 0.15) is 5.75 Å². The number of rotatable bonds is 2. The van der Waals surface area contributed by atoms with Gasteiger partial charge in [-0.15, -0.1) is 0 Å². The second-order valence-electron chi connectivity index (χ2n) is 4.41. The zero-order chi connectivity index (χ0) is 13.2. The van der Waals surface area contributed by atoms with Gasteiger partial charge in [-0.3, -0.25) is 0 Å². The van der Waals surface area contributed by atoms with Gasteiger partial charge in [0.05, 0.1) is 11.6 Å². The SMILES string of the molecule is COc1ccc(-c2ccc3ccccc3c2)cc1Br. The van der Waals surface area contributed by atoms with Crippen molar-refractivity contribution in [3.8, 4) is 16.9 Å². The van der Waals surface area contributed by atoms with Crippen molar-refractivity contribution in [3.63, 3.8) is 0 Å². The van der Waals surface area contributed by atoms with Crippen LogP contribution >= 0.6 is 15.9 Å².